The minimum Gasteiger partial charge on any atom is -0.476 e. The quantitative estimate of drug-likeness (QED) is 0.786. The van der Waals surface area contributed by atoms with Crippen molar-refractivity contribution in [1.29, 1.82) is 0 Å². The van der Waals surface area contributed by atoms with Crippen LogP contribution >= 0.6 is 11.6 Å². The maximum atomic E-state index is 5.73. The van der Waals surface area contributed by atoms with E-state index in [9.17, 15) is 0 Å². The van der Waals surface area contributed by atoms with E-state index in [-0.39, 0.29) is 5.95 Å². The Morgan fingerprint density at radius 2 is 2.31 bits per heavy atom. The standard InChI is InChI=1S/C10H15ClN4O/c1-15(7-2-3-7)4-5-16-9-6-8(11)13-10(12)14-9/h6-7H,2-5H2,1H3,(H2,12,13,14). The second-order valence-corrected chi connectivity index (χ2v) is 4.33. The number of likely N-dealkylation sites (N-methyl/N-ethyl adjacent to an activating group) is 1. The summed E-state index contributed by atoms with van der Waals surface area (Å²) in [6.45, 7) is 1.46. The van der Waals surface area contributed by atoms with Gasteiger partial charge in [0.15, 0.2) is 0 Å². The van der Waals surface area contributed by atoms with Crippen molar-refractivity contribution in [3.8, 4) is 5.88 Å². The van der Waals surface area contributed by atoms with Gasteiger partial charge in [0.05, 0.1) is 0 Å². The minimum atomic E-state index is 0.137. The number of nitrogens with zero attached hydrogens (tertiary/aromatic N) is 3. The molecule has 1 aliphatic carbocycles. The molecule has 16 heavy (non-hydrogen) atoms. The second kappa shape index (κ2) is 4.84. The van der Waals surface area contributed by atoms with Gasteiger partial charge >= 0.3 is 0 Å². The van der Waals surface area contributed by atoms with Gasteiger partial charge in [0.1, 0.15) is 11.8 Å². The number of anilines is 1. The van der Waals surface area contributed by atoms with Crippen molar-refractivity contribution in [2.45, 2.75) is 18.9 Å². The summed E-state index contributed by atoms with van der Waals surface area (Å²) in [5.41, 5.74) is 5.45. The number of nitrogens with two attached hydrogens (primary N) is 1. The number of halogens is 1. The molecule has 1 fully saturated rings. The summed E-state index contributed by atoms with van der Waals surface area (Å²) >= 11 is 5.73. The molecule has 0 atom stereocenters. The Morgan fingerprint density at radius 1 is 1.56 bits per heavy atom. The number of hydrogen-bond acceptors (Lipinski definition) is 5. The number of aromatic nitrogens is 2. The fraction of sp³-hybridized carbons (Fsp3) is 0.600. The lowest BCUT2D eigenvalue weighted by Gasteiger charge is -2.15. The Labute approximate surface area is 99.6 Å². The van der Waals surface area contributed by atoms with Crippen LogP contribution in [0.25, 0.3) is 0 Å². The number of rotatable bonds is 5. The molecule has 1 aromatic rings. The molecule has 6 heteroatoms. The van der Waals surface area contributed by atoms with Gasteiger partial charge in [-0.2, -0.15) is 4.98 Å². The van der Waals surface area contributed by atoms with Gasteiger partial charge in [-0.15, -0.1) is 0 Å². The topological polar surface area (TPSA) is 64.3 Å². The van der Waals surface area contributed by atoms with E-state index < -0.39 is 0 Å². The van der Waals surface area contributed by atoms with E-state index in [4.69, 9.17) is 22.1 Å². The molecule has 0 unspecified atom stereocenters. The second-order valence-electron chi connectivity index (χ2n) is 3.95. The van der Waals surface area contributed by atoms with E-state index in [1.54, 1.807) is 6.07 Å². The van der Waals surface area contributed by atoms with E-state index in [1.807, 2.05) is 0 Å². The van der Waals surface area contributed by atoms with Crippen molar-refractivity contribution < 1.29 is 4.74 Å². The van der Waals surface area contributed by atoms with E-state index in [0.29, 0.717) is 17.6 Å². The lowest BCUT2D eigenvalue weighted by atomic mass is 10.5. The summed E-state index contributed by atoms with van der Waals surface area (Å²) in [5, 5.41) is 0.304. The van der Waals surface area contributed by atoms with Crippen LogP contribution in [0.1, 0.15) is 12.8 Å². The molecule has 2 rings (SSSR count). The molecule has 0 aromatic carbocycles. The van der Waals surface area contributed by atoms with Crippen LogP contribution in [0, 0.1) is 0 Å². The Hall–Kier alpha value is -1.07. The van der Waals surface area contributed by atoms with Crippen molar-refractivity contribution in [1.82, 2.24) is 14.9 Å². The van der Waals surface area contributed by atoms with Crippen LogP contribution in [-0.4, -0.2) is 41.1 Å². The Bertz CT molecular complexity index is 350. The molecule has 2 N–H and O–H groups in total. The van der Waals surface area contributed by atoms with Gasteiger partial charge in [0.25, 0.3) is 0 Å². The maximum absolute atomic E-state index is 5.73. The smallest absolute Gasteiger partial charge is 0.224 e. The third kappa shape index (κ3) is 3.21. The van der Waals surface area contributed by atoms with Crippen molar-refractivity contribution >= 4 is 17.5 Å². The Kier molecular flexibility index (Phi) is 3.46. The summed E-state index contributed by atoms with van der Waals surface area (Å²) in [7, 11) is 2.10. The summed E-state index contributed by atoms with van der Waals surface area (Å²) in [5.74, 6) is 0.569. The average molecular weight is 243 g/mol. The average Bonchev–Trinajstić information content (AvgIpc) is 2.98. The van der Waals surface area contributed by atoms with Crippen molar-refractivity contribution in [2.75, 3.05) is 25.9 Å². The molecule has 0 aliphatic heterocycles. The fourth-order valence-corrected chi connectivity index (χ4v) is 1.66. The normalized spacial score (nSPS) is 15.4. The Morgan fingerprint density at radius 3 is 2.94 bits per heavy atom. The summed E-state index contributed by atoms with van der Waals surface area (Å²) in [4.78, 5) is 9.97. The highest BCUT2D eigenvalue weighted by Crippen LogP contribution is 2.24. The fourth-order valence-electron chi connectivity index (χ4n) is 1.48. The number of nitrogen functional groups attached to an aromatic ring is 1. The highest BCUT2D eigenvalue weighted by molar-refractivity contribution is 6.29. The van der Waals surface area contributed by atoms with Gasteiger partial charge in [-0.3, -0.25) is 0 Å². The van der Waals surface area contributed by atoms with E-state index >= 15 is 0 Å². The molecule has 0 radical (unpaired) electrons. The molecule has 0 bridgehead atoms. The third-order valence-electron chi connectivity index (χ3n) is 2.55. The van der Waals surface area contributed by atoms with Crippen LogP contribution < -0.4 is 10.5 Å². The highest BCUT2D eigenvalue weighted by Gasteiger charge is 2.25. The molecule has 1 aliphatic rings. The van der Waals surface area contributed by atoms with Crippen molar-refractivity contribution in [2.24, 2.45) is 0 Å². The van der Waals surface area contributed by atoms with E-state index in [2.05, 4.69) is 21.9 Å². The van der Waals surface area contributed by atoms with Gasteiger partial charge in [0, 0.05) is 18.7 Å². The molecular weight excluding hydrogens is 228 g/mol. The lowest BCUT2D eigenvalue weighted by molar-refractivity contribution is 0.226. The van der Waals surface area contributed by atoms with Crippen LogP contribution in [-0.2, 0) is 0 Å². The lowest BCUT2D eigenvalue weighted by Crippen LogP contribution is -2.26. The highest BCUT2D eigenvalue weighted by atomic mass is 35.5. The monoisotopic (exact) mass is 242 g/mol. The van der Waals surface area contributed by atoms with E-state index in [0.717, 1.165) is 12.6 Å². The molecule has 0 amide bonds. The zero-order valence-electron chi connectivity index (χ0n) is 9.19. The Balaban J connectivity index is 1.79. The molecule has 0 saturated heterocycles. The summed E-state index contributed by atoms with van der Waals surface area (Å²) in [6.07, 6.45) is 2.59. The number of hydrogen-bond donors (Lipinski definition) is 1. The molecular formula is C10H15ClN4O. The molecule has 1 saturated carbocycles. The molecule has 1 aromatic heterocycles. The molecule has 5 nitrogen and oxygen atoms in total. The summed E-state index contributed by atoms with van der Waals surface area (Å²) in [6, 6.07) is 2.30. The predicted molar refractivity (Wildman–Crippen MR) is 62.6 cm³/mol. The molecule has 0 spiro atoms. The largest absolute Gasteiger partial charge is 0.476 e. The maximum Gasteiger partial charge on any atom is 0.224 e. The van der Waals surface area contributed by atoms with Crippen LogP contribution in [0.2, 0.25) is 5.15 Å². The summed E-state index contributed by atoms with van der Waals surface area (Å²) < 4.78 is 5.46. The first kappa shape index (κ1) is 11.4. The minimum absolute atomic E-state index is 0.137. The first-order chi connectivity index (χ1) is 7.65. The first-order valence-corrected chi connectivity index (χ1v) is 5.66. The van der Waals surface area contributed by atoms with Crippen molar-refractivity contribution in [3.05, 3.63) is 11.2 Å². The van der Waals surface area contributed by atoms with Crippen molar-refractivity contribution in [3.63, 3.8) is 0 Å². The van der Waals surface area contributed by atoms with Gasteiger partial charge in [0.2, 0.25) is 11.8 Å². The molecule has 88 valence electrons. The SMILES string of the molecule is CN(CCOc1cc(Cl)nc(N)n1)C1CC1. The van der Waals surface area contributed by atoms with Crippen LogP contribution in [0.5, 0.6) is 5.88 Å². The third-order valence-corrected chi connectivity index (χ3v) is 2.75. The van der Waals surface area contributed by atoms with Crippen LogP contribution in [0.3, 0.4) is 0 Å². The van der Waals surface area contributed by atoms with Crippen LogP contribution in [0.4, 0.5) is 5.95 Å². The van der Waals surface area contributed by atoms with Gasteiger partial charge in [-0.1, -0.05) is 11.6 Å². The van der Waals surface area contributed by atoms with E-state index in [1.165, 1.54) is 12.8 Å². The van der Waals surface area contributed by atoms with Gasteiger partial charge < -0.3 is 15.4 Å². The first-order valence-electron chi connectivity index (χ1n) is 5.28. The van der Waals surface area contributed by atoms with Gasteiger partial charge in [-0.05, 0) is 19.9 Å². The zero-order chi connectivity index (χ0) is 11.5. The van der Waals surface area contributed by atoms with Crippen LogP contribution in [0.15, 0.2) is 6.07 Å². The zero-order valence-corrected chi connectivity index (χ0v) is 9.94. The molecule has 1 heterocycles. The number of ether oxygens (including phenoxy) is 1. The predicted octanol–water partition coefficient (Wildman–Crippen LogP) is 1.19. The van der Waals surface area contributed by atoms with Gasteiger partial charge in [-0.25, -0.2) is 4.98 Å².